The van der Waals surface area contributed by atoms with Crippen LogP contribution < -0.4 is 38.9 Å². The summed E-state index contributed by atoms with van der Waals surface area (Å²) in [6, 6.07) is -3.89. The maximum Gasteiger partial charge on any atom is 0.326 e. The molecule has 12 N–H and O–H groups in total. The number of nitrogens with two attached hydrogens (primary N) is 4. The van der Waals surface area contributed by atoms with Crippen molar-refractivity contribution in [2.24, 2.45) is 39.8 Å². The Bertz CT molecular complexity index is 742. The third-order valence-electron chi connectivity index (χ3n) is 5.91. The molecule has 0 bridgehead atoms. The first-order valence-corrected chi connectivity index (χ1v) is 12.5. The number of carboxylic acids is 1. The van der Waals surface area contributed by atoms with Crippen LogP contribution in [-0.2, 0) is 19.2 Å². The van der Waals surface area contributed by atoms with Crippen molar-refractivity contribution < 1.29 is 24.3 Å². The first kappa shape index (κ1) is 33.1. The molecule has 0 aromatic heterocycles. The number of carboxylic acid groups (broad SMARTS) is 1. The number of rotatable bonds is 18. The van der Waals surface area contributed by atoms with Crippen molar-refractivity contribution in [3.63, 3.8) is 0 Å². The molecule has 36 heavy (non-hydrogen) atoms. The first-order valence-electron chi connectivity index (χ1n) is 12.5. The molecule has 0 radical (unpaired) electrons. The largest absolute Gasteiger partial charge is 0.480 e. The number of guanidine groups is 1. The van der Waals surface area contributed by atoms with Gasteiger partial charge in [0.2, 0.25) is 17.7 Å². The molecule has 0 heterocycles. The Kier molecular flexibility index (Phi) is 16.1. The number of aliphatic imine (C=N–C) groups is 1. The first-order chi connectivity index (χ1) is 16.8. The number of hydrogen-bond donors (Lipinski definition) is 8. The summed E-state index contributed by atoms with van der Waals surface area (Å²) in [6.07, 6.45) is 2.76. The van der Waals surface area contributed by atoms with Crippen LogP contribution in [0.1, 0.15) is 66.2 Å². The minimum atomic E-state index is -1.16. The van der Waals surface area contributed by atoms with E-state index >= 15 is 0 Å². The summed E-state index contributed by atoms with van der Waals surface area (Å²) in [7, 11) is 0. The molecule has 0 rings (SSSR count). The van der Waals surface area contributed by atoms with Gasteiger partial charge >= 0.3 is 5.97 Å². The number of amides is 3. The fourth-order valence-electron chi connectivity index (χ4n) is 3.40. The van der Waals surface area contributed by atoms with Crippen molar-refractivity contribution in [1.82, 2.24) is 16.0 Å². The molecule has 5 unspecified atom stereocenters. The minimum Gasteiger partial charge on any atom is -0.480 e. The predicted molar refractivity (Wildman–Crippen MR) is 139 cm³/mol. The van der Waals surface area contributed by atoms with E-state index in [4.69, 9.17) is 22.9 Å². The van der Waals surface area contributed by atoms with Crippen LogP contribution in [0.4, 0.5) is 0 Å². The Labute approximate surface area is 213 Å². The van der Waals surface area contributed by atoms with E-state index < -0.39 is 47.9 Å². The summed E-state index contributed by atoms with van der Waals surface area (Å²) in [6.45, 7) is 7.90. The van der Waals surface area contributed by atoms with E-state index in [9.17, 15) is 24.3 Å². The van der Waals surface area contributed by atoms with Gasteiger partial charge in [-0.15, -0.1) is 0 Å². The molecule has 0 aliphatic heterocycles. The van der Waals surface area contributed by atoms with Gasteiger partial charge in [0, 0.05) is 6.54 Å². The number of hydrogen-bond acceptors (Lipinski definition) is 7. The van der Waals surface area contributed by atoms with Crippen LogP contribution in [0.2, 0.25) is 0 Å². The standard InChI is InChI=1S/C23H46N8O5/c1-5-14(4)18(21(34)29-16(22(35)36)10-6-7-11-24)31-20(33)17(13(2)3)30-19(32)15(25)9-8-12-28-23(26)27/h13-18H,5-12,24-25H2,1-4H3,(H,29,34)(H,30,32)(H,31,33)(H,35,36)(H4,26,27,28). The highest BCUT2D eigenvalue weighted by Gasteiger charge is 2.33. The highest BCUT2D eigenvalue weighted by Crippen LogP contribution is 2.12. The van der Waals surface area contributed by atoms with Crippen molar-refractivity contribution >= 4 is 29.7 Å². The van der Waals surface area contributed by atoms with Gasteiger partial charge in [0.15, 0.2) is 5.96 Å². The number of nitrogens with zero attached hydrogens (tertiary/aromatic N) is 1. The van der Waals surface area contributed by atoms with Crippen LogP contribution in [0.3, 0.4) is 0 Å². The molecule has 0 saturated heterocycles. The summed E-state index contributed by atoms with van der Waals surface area (Å²) in [5.41, 5.74) is 22.0. The monoisotopic (exact) mass is 514 g/mol. The lowest BCUT2D eigenvalue weighted by Gasteiger charge is -2.29. The zero-order valence-electron chi connectivity index (χ0n) is 22.0. The Morgan fingerprint density at radius 2 is 1.44 bits per heavy atom. The molecule has 0 aliphatic rings. The maximum atomic E-state index is 13.1. The number of aliphatic carboxylic acids is 1. The van der Waals surface area contributed by atoms with Gasteiger partial charge in [0.1, 0.15) is 18.1 Å². The van der Waals surface area contributed by atoms with Gasteiger partial charge in [-0.05, 0) is 50.5 Å². The average Bonchev–Trinajstić information content (AvgIpc) is 2.81. The second-order valence-electron chi connectivity index (χ2n) is 9.34. The lowest BCUT2D eigenvalue weighted by molar-refractivity contribution is -0.143. The molecule has 0 aromatic rings. The molecule has 208 valence electrons. The van der Waals surface area contributed by atoms with Crippen LogP contribution in [0.15, 0.2) is 4.99 Å². The smallest absolute Gasteiger partial charge is 0.326 e. The molecule has 0 aliphatic carbocycles. The Morgan fingerprint density at radius 1 is 0.861 bits per heavy atom. The molecule has 13 heteroatoms. The van der Waals surface area contributed by atoms with Crippen molar-refractivity contribution in [3.8, 4) is 0 Å². The van der Waals surface area contributed by atoms with E-state index in [2.05, 4.69) is 20.9 Å². The van der Waals surface area contributed by atoms with Gasteiger partial charge in [-0.25, -0.2) is 4.79 Å². The Hall–Kier alpha value is -2.93. The summed E-state index contributed by atoms with van der Waals surface area (Å²) in [5.74, 6) is -3.45. The van der Waals surface area contributed by atoms with Gasteiger partial charge < -0.3 is 44.0 Å². The van der Waals surface area contributed by atoms with Crippen LogP contribution >= 0.6 is 0 Å². The fraction of sp³-hybridized carbons (Fsp3) is 0.783. The van der Waals surface area contributed by atoms with Gasteiger partial charge in [-0.3, -0.25) is 19.4 Å². The van der Waals surface area contributed by atoms with Gasteiger partial charge in [-0.1, -0.05) is 34.1 Å². The summed E-state index contributed by atoms with van der Waals surface area (Å²) < 4.78 is 0. The van der Waals surface area contributed by atoms with Gasteiger partial charge in [0.05, 0.1) is 6.04 Å². The van der Waals surface area contributed by atoms with Crippen LogP contribution in [0, 0.1) is 11.8 Å². The van der Waals surface area contributed by atoms with Crippen molar-refractivity contribution in [2.45, 2.75) is 90.4 Å². The summed E-state index contributed by atoms with van der Waals surface area (Å²) >= 11 is 0. The quantitative estimate of drug-likeness (QED) is 0.0617. The summed E-state index contributed by atoms with van der Waals surface area (Å²) in [5, 5.41) is 17.4. The SMILES string of the molecule is CCC(C)C(NC(=O)C(NC(=O)C(N)CCCN=C(N)N)C(C)C)C(=O)NC(CCCCN)C(=O)O. The van der Waals surface area contributed by atoms with E-state index in [0.717, 1.165) is 0 Å². The number of nitrogens with one attached hydrogen (secondary N) is 3. The molecular formula is C23H46N8O5. The Balaban J connectivity index is 5.33. The zero-order valence-corrected chi connectivity index (χ0v) is 22.0. The maximum absolute atomic E-state index is 13.1. The normalized spacial score (nSPS) is 15.2. The van der Waals surface area contributed by atoms with Crippen molar-refractivity contribution in [2.75, 3.05) is 13.1 Å². The van der Waals surface area contributed by atoms with Crippen LogP contribution in [0.5, 0.6) is 0 Å². The highest BCUT2D eigenvalue weighted by molar-refractivity contribution is 5.94. The molecule has 0 spiro atoms. The van der Waals surface area contributed by atoms with E-state index in [-0.39, 0.29) is 24.2 Å². The topological polar surface area (TPSA) is 241 Å². The number of unbranched alkanes of at least 4 members (excludes halogenated alkanes) is 1. The molecule has 5 atom stereocenters. The number of carbonyl (C=O) groups excluding carboxylic acids is 3. The average molecular weight is 515 g/mol. The lowest BCUT2D eigenvalue weighted by atomic mass is 9.95. The predicted octanol–water partition coefficient (Wildman–Crippen LogP) is -1.26. The molecular weight excluding hydrogens is 468 g/mol. The van der Waals surface area contributed by atoms with E-state index in [1.807, 2.05) is 6.92 Å². The molecule has 0 fully saturated rings. The molecule has 0 aromatic carbocycles. The fourth-order valence-corrected chi connectivity index (χ4v) is 3.40. The Morgan fingerprint density at radius 3 is 1.94 bits per heavy atom. The van der Waals surface area contributed by atoms with E-state index in [1.54, 1.807) is 20.8 Å². The molecule has 0 saturated carbocycles. The third kappa shape index (κ3) is 12.7. The van der Waals surface area contributed by atoms with Crippen LogP contribution in [-0.4, -0.2) is 72.0 Å². The second-order valence-corrected chi connectivity index (χ2v) is 9.34. The van der Waals surface area contributed by atoms with E-state index in [1.165, 1.54) is 0 Å². The molecule has 13 nitrogen and oxygen atoms in total. The van der Waals surface area contributed by atoms with Crippen molar-refractivity contribution in [3.05, 3.63) is 0 Å². The summed E-state index contributed by atoms with van der Waals surface area (Å²) in [4.78, 5) is 54.2. The van der Waals surface area contributed by atoms with Gasteiger partial charge in [0.25, 0.3) is 0 Å². The lowest BCUT2D eigenvalue weighted by Crippen LogP contribution is -2.59. The van der Waals surface area contributed by atoms with Crippen LogP contribution in [0.25, 0.3) is 0 Å². The van der Waals surface area contributed by atoms with Gasteiger partial charge in [-0.2, -0.15) is 0 Å². The minimum absolute atomic E-state index is 0.0466. The number of carbonyl (C=O) groups is 4. The van der Waals surface area contributed by atoms with E-state index in [0.29, 0.717) is 45.2 Å². The highest BCUT2D eigenvalue weighted by atomic mass is 16.4. The zero-order chi connectivity index (χ0) is 27.8. The third-order valence-corrected chi connectivity index (χ3v) is 5.91. The van der Waals surface area contributed by atoms with Crippen molar-refractivity contribution in [1.29, 1.82) is 0 Å². The second kappa shape index (κ2) is 17.5. The molecule has 3 amide bonds.